The van der Waals surface area contributed by atoms with Gasteiger partial charge in [0, 0.05) is 17.8 Å². The molecule has 0 fully saturated rings. The Morgan fingerprint density at radius 3 is 3.00 bits per heavy atom. The minimum atomic E-state index is 0.691. The smallest absolute Gasteiger partial charge is 0.102 e. The maximum absolute atomic E-state index is 4.31. The van der Waals surface area contributed by atoms with Crippen LogP contribution in [0.2, 0.25) is 0 Å². The lowest BCUT2D eigenvalue weighted by Gasteiger charge is -2.03. The third kappa shape index (κ3) is 3.41. The molecule has 0 radical (unpaired) electrons. The van der Waals surface area contributed by atoms with Gasteiger partial charge in [0.15, 0.2) is 0 Å². The number of rotatable bonds is 5. The van der Waals surface area contributed by atoms with E-state index in [1.54, 1.807) is 0 Å². The quantitative estimate of drug-likeness (QED) is 0.586. The predicted octanol–water partition coefficient (Wildman–Crippen LogP) is 1.71. The Morgan fingerprint density at radius 2 is 2.33 bits per heavy atom. The van der Waals surface area contributed by atoms with Crippen LogP contribution < -0.4 is 5.32 Å². The second kappa shape index (κ2) is 6.26. The lowest BCUT2D eigenvalue weighted by molar-refractivity contribution is 0.663. The van der Waals surface area contributed by atoms with Gasteiger partial charge in [0.25, 0.3) is 0 Å². The fraction of sp³-hybridized carbons (Fsp3) is 0.583. The molecule has 0 aliphatic carbocycles. The summed E-state index contributed by atoms with van der Waals surface area (Å²) in [5, 5.41) is 7.68. The third-order valence-electron chi connectivity index (χ3n) is 2.35. The number of nitrogens with one attached hydrogen (secondary N) is 1. The van der Waals surface area contributed by atoms with Crippen LogP contribution >= 0.6 is 0 Å². The summed E-state index contributed by atoms with van der Waals surface area (Å²) in [6, 6.07) is 0. The number of nitrogens with zero attached hydrogens (tertiary/aromatic N) is 2. The van der Waals surface area contributed by atoms with E-state index in [9.17, 15) is 0 Å². The van der Waals surface area contributed by atoms with E-state index in [0.717, 1.165) is 19.5 Å². The largest absolute Gasteiger partial charge is 0.313 e. The molecule has 1 aromatic heterocycles. The number of hydrogen-bond acceptors (Lipinski definition) is 2. The van der Waals surface area contributed by atoms with Crippen molar-refractivity contribution < 1.29 is 0 Å². The molecule has 1 rings (SSSR count). The standard InChI is InChI=1S/C12H19N3/c1-4-6-8-15-11(3)12(10-14-15)9-13-7-5-2/h10,13H,5,7-9H2,1-3H3. The molecular formula is C12H19N3. The van der Waals surface area contributed by atoms with E-state index >= 15 is 0 Å². The van der Waals surface area contributed by atoms with E-state index in [0.29, 0.717) is 6.54 Å². The number of hydrogen-bond donors (Lipinski definition) is 1. The monoisotopic (exact) mass is 205 g/mol. The summed E-state index contributed by atoms with van der Waals surface area (Å²) < 4.78 is 1.94. The first-order valence-electron chi connectivity index (χ1n) is 5.41. The molecule has 3 heteroatoms. The Morgan fingerprint density at radius 1 is 1.53 bits per heavy atom. The summed E-state index contributed by atoms with van der Waals surface area (Å²) in [4.78, 5) is 0. The Labute approximate surface area is 91.9 Å². The highest BCUT2D eigenvalue weighted by atomic mass is 15.3. The van der Waals surface area contributed by atoms with Crippen molar-refractivity contribution in [2.75, 3.05) is 6.54 Å². The van der Waals surface area contributed by atoms with Gasteiger partial charge in [0.1, 0.15) is 6.54 Å². The first kappa shape index (κ1) is 11.8. The average molecular weight is 205 g/mol. The first-order valence-corrected chi connectivity index (χ1v) is 5.41. The van der Waals surface area contributed by atoms with Gasteiger partial charge in [-0.2, -0.15) is 5.10 Å². The van der Waals surface area contributed by atoms with E-state index < -0.39 is 0 Å². The van der Waals surface area contributed by atoms with Crippen molar-refractivity contribution in [2.24, 2.45) is 0 Å². The zero-order chi connectivity index (χ0) is 11.1. The molecule has 1 N–H and O–H groups in total. The van der Waals surface area contributed by atoms with Gasteiger partial charge >= 0.3 is 0 Å². The molecule has 0 aromatic carbocycles. The summed E-state index contributed by atoms with van der Waals surface area (Å²) >= 11 is 0. The van der Waals surface area contributed by atoms with Crippen LogP contribution in [0.15, 0.2) is 6.20 Å². The van der Waals surface area contributed by atoms with Gasteiger partial charge < -0.3 is 5.32 Å². The lowest BCUT2D eigenvalue weighted by atomic mass is 10.2. The fourth-order valence-electron chi connectivity index (χ4n) is 1.37. The van der Waals surface area contributed by atoms with E-state index in [2.05, 4.69) is 36.1 Å². The number of aromatic nitrogens is 2. The van der Waals surface area contributed by atoms with Gasteiger partial charge in [-0.25, -0.2) is 0 Å². The molecule has 0 bridgehead atoms. The topological polar surface area (TPSA) is 29.9 Å². The molecule has 0 unspecified atom stereocenters. The Hall–Kier alpha value is -1.27. The maximum Gasteiger partial charge on any atom is 0.102 e. The van der Waals surface area contributed by atoms with Crippen molar-refractivity contribution in [3.8, 4) is 11.8 Å². The molecule has 15 heavy (non-hydrogen) atoms. The Bertz CT molecular complexity index is 355. The van der Waals surface area contributed by atoms with Crippen LogP contribution in [-0.4, -0.2) is 16.3 Å². The highest BCUT2D eigenvalue weighted by molar-refractivity contribution is 5.16. The summed E-state index contributed by atoms with van der Waals surface area (Å²) in [5.74, 6) is 5.89. The van der Waals surface area contributed by atoms with Gasteiger partial charge in [0.2, 0.25) is 0 Å². The molecule has 1 aromatic rings. The molecule has 0 spiro atoms. The summed E-state index contributed by atoms with van der Waals surface area (Å²) in [5.41, 5.74) is 2.47. The molecule has 82 valence electrons. The highest BCUT2D eigenvalue weighted by Crippen LogP contribution is 2.06. The van der Waals surface area contributed by atoms with E-state index in [4.69, 9.17) is 0 Å². The van der Waals surface area contributed by atoms with Gasteiger partial charge in [-0.3, -0.25) is 4.68 Å². The van der Waals surface area contributed by atoms with Gasteiger partial charge in [0.05, 0.1) is 6.20 Å². The molecule has 0 atom stereocenters. The second-order valence-corrected chi connectivity index (χ2v) is 3.52. The van der Waals surface area contributed by atoms with Crippen LogP contribution in [-0.2, 0) is 13.1 Å². The van der Waals surface area contributed by atoms with Crippen molar-refractivity contribution in [3.05, 3.63) is 17.5 Å². The van der Waals surface area contributed by atoms with Crippen molar-refractivity contribution >= 4 is 0 Å². The second-order valence-electron chi connectivity index (χ2n) is 3.52. The minimum Gasteiger partial charge on any atom is -0.313 e. The minimum absolute atomic E-state index is 0.691. The van der Waals surface area contributed by atoms with Crippen molar-refractivity contribution in [2.45, 2.75) is 40.3 Å². The van der Waals surface area contributed by atoms with Crippen molar-refractivity contribution in [1.29, 1.82) is 0 Å². The lowest BCUT2D eigenvalue weighted by Crippen LogP contribution is -2.14. The molecule has 1 heterocycles. The molecule has 0 saturated carbocycles. The van der Waals surface area contributed by atoms with Crippen LogP contribution in [0.1, 0.15) is 31.5 Å². The molecule has 0 saturated heterocycles. The van der Waals surface area contributed by atoms with E-state index in [1.807, 2.05) is 17.8 Å². The van der Waals surface area contributed by atoms with Crippen LogP contribution in [0.5, 0.6) is 0 Å². The molecule has 3 nitrogen and oxygen atoms in total. The van der Waals surface area contributed by atoms with Gasteiger partial charge in [-0.1, -0.05) is 12.8 Å². The zero-order valence-electron chi connectivity index (χ0n) is 9.80. The van der Waals surface area contributed by atoms with E-state index in [1.165, 1.54) is 11.3 Å². The normalized spacial score (nSPS) is 9.80. The first-order chi connectivity index (χ1) is 7.29. The van der Waals surface area contributed by atoms with Crippen molar-refractivity contribution in [3.63, 3.8) is 0 Å². The SMILES string of the molecule is CC#CCn1ncc(CNCCC)c1C. The average Bonchev–Trinajstić information content (AvgIpc) is 2.58. The molecular weight excluding hydrogens is 186 g/mol. The van der Waals surface area contributed by atoms with E-state index in [-0.39, 0.29) is 0 Å². The Balaban J connectivity index is 2.57. The maximum atomic E-state index is 4.31. The Kier molecular flexibility index (Phi) is 4.92. The van der Waals surface area contributed by atoms with Gasteiger partial charge in [-0.05, 0) is 26.8 Å². The van der Waals surface area contributed by atoms with Crippen LogP contribution in [0.3, 0.4) is 0 Å². The van der Waals surface area contributed by atoms with Crippen LogP contribution in [0.4, 0.5) is 0 Å². The predicted molar refractivity (Wildman–Crippen MR) is 62.4 cm³/mol. The zero-order valence-corrected chi connectivity index (χ0v) is 9.80. The van der Waals surface area contributed by atoms with Crippen LogP contribution in [0.25, 0.3) is 0 Å². The molecule has 0 amide bonds. The molecule has 0 aliphatic heterocycles. The fourth-order valence-corrected chi connectivity index (χ4v) is 1.37. The van der Waals surface area contributed by atoms with Crippen LogP contribution in [0, 0.1) is 18.8 Å². The molecule has 0 aliphatic rings. The summed E-state index contributed by atoms with van der Waals surface area (Å²) in [6.45, 7) is 8.75. The van der Waals surface area contributed by atoms with Crippen molar-refractivity contribution in [1.82, 2.24) is 15.1 Å². The third-order valence-corrected chi connectivity index (χ3v) is 2.35. The highest BCUT2D eigenvalue weighted by Gasteiger charge is 2.03. The van der Waals surface area contributed by atoms with Gasteiger partial charge in [-0.15, -0.1) is 5.92 Å². The summed E-state index contributed by atoms with van der Waals surface area (Å²) in [6.07, 6.45) is 3.09. The summed E-state index contributed by atoms with van der Waals surface area (Å²) in [7, 11) is 0.